The van der Waals surface area contributed by atoms with E-state index in [1.807, 2.05) is 0 Å². The van der Waals surface area contributed by atoms with Crippen LogP contribution in [0.3, 0.4) is 0 Å². The van der Waals surface area contributed by atoms with Gasteiger partial charge in [-0.2, -0.15) is 13.1 Å². The monoisotopic (exact) mass is 386 g/mol. The fourth-order valence-electron chi connectivity index (χ4n) is 0.971. The van der Waals surface area contributed by atoms with E-state index in [9.17, 15) is 8.42 Å². The van der Waals surface area contributed by atoms with Crippen LogP contribution in [0.4, 0.5) is 5.82 Å². The number of nitrogens with zero attached hydrogens (tertiary/aromatic N) is 2. The van der Waals surface area contributed by atoms with Crippen molar-refractivity contribution in [3.63, 3.8) is 0 Å². The summed E-state index contributed by atoms with van der Waals surface area (Å²) in [5, 5.41) is 0. The first-order chi connectivity index (χ1) is 7.59. The van der Waals surface area contributed by atoms with Gasteiger partial charge < -0.3 is 0 Å². The minimum absolute atomic E-state index is 0.130. The van der Waals surface area contributed by atoms with Crippen molar-refractivity contribution in [1.29, 1.82) is 0 Å². The van der Waals surface area contributed by atoms with Gasteiger partial charge >= 0.3 is 10.2 Å². The zero-order valence-corrected chi connectivity index (χ0v) is 13.4. The number of aromatic nitrogens is 2. The Bertz CT molecular complexity index is 513. The lowest BCUT2D eigenvalue weighted by Gasteiger charge is -2.20. The molecule has 17 heavy (non-hydrogen) atoms. The van der Waals surface area contributed by atoms with Crippen LogP contribution in [0.5, 0.6) is 0 Å². The van der Waals surface area contributed by atoms with Crippen molar-refractivity contribution in [1.82, 2.24) is 14.7 Å². The molecule has 2 N–H and O–H groups in total. The number of rotatable bonds is 3. The van der Waals surface area contributed by atoms with E-state index in [-0.39, 0.29) is 5.82 Å². The molecule has 0 aromatic carbocycles. The second-order valence-corrected chi connectivity index (χ2v) is 7.27. The zero-order valence-electron chi connectivity index (χ0n) is 9.45. The molecule has 0 aliphatic heterocycles. The first kappa shape index (κ1) is 14.8. The van der Waals surface area contributed by atoms with E-state index in [1.54, 1.807) is 20.8 Å². The van der Waals surface area contributed by atoms with E-state index >= 15 is 0 Å². The molecule has 1 heterocycles. The van der Waals surface area contributed by atoms with E-state index in [4.69, 9.17) is 0 Å². The number of halogens is 2. The van der Waals surface area contributed by atoms with Crippen molar-refractivity contribution in [3.05, 3.63) is 15.4 Å². The van der Waals surface area contributed by atoms with Gasteiger partial charge in [0.25, 0.3) is 0 Å². The third-order valence-corrected chi connectivity index (χ3v) is 3.65. The molecule has 0 aliphatic rings. The van der Waals surface area contributed by atoms with Crippen molar-refractivity contribution in [2.75, 3.05) is 4.72 Å². The highest BCUT2D eigenvalue weighted by Gasteiger charge is 2.21. The van der Waals surface area contributed by atoms with E-state index in [2.05, 4.69) is 51.3 Å². The zero-order chi connectivity index (χ0) is 13.3. The lowest BCUT2D eigenvalue weighted by Crippen LogP contribution is -2.43. The standard InChI is InChI=1S/C8H12Br2N4O2S/c1-8(2,3)14-17(15,16)13-7-6(10)12-5(9)4-11-7/h4,14H,1-3H3,(H,11,13). The Balaban J connectivity index is 2.91. The topological polar surface area (TPSA) is 84.0 Å². The Morgan fingerprint density at radius 2 is 1.88 bits per heavy atom. The molecule has 0 amide bonds. The summed E-state index contributed by atoms with van der Waals surface area (Å²) in [6.45, 7) is 5.23. The molecule has 0 bridgehead atoms. The molecule has 0 saturated heterocycles. The lowest BCUT2D eigenvalue weighted by atomic mass is 10.1. The summed E-state index contributed by atoms with van der Waals surface area (Å²) in [7, 11) is -3.68. The van der Waals surface area contributed by atoms with Gasteiger partial charge in [-0.15, -0.1) is 0 Å². The van der Waals surface area contributed by atoms with Gasteiger partial charge in [0.15, 0.2) is 10.4 Å². The van der Waals surface area contributed by atoms with E-state index in [0.717, 1.165) is 0 Å². The normalized spacial score (nSPS) is 12.5. The smallest absolute Gasteiger partial charge is 0.252 e. The Morgan fingerprint density at radius 1 is 1.29 bits per heavy atom. The number of nitrogens with one attached hydrogen (secondary N) is 2. The molecular weight excluding hydrogens is 376 g/mol. The van der Waals surface area contributed by atoms with Gasteiger partial charge in [0.2, 0.25) is 0 Å². The van der Waals surface area contributed by atoms with Crippen LogP contribution in [0, 0.1) is 0 Å². The van der Waals surface area contributed by atoms with Gasteiger partial charge in [0.1, 0.15) is 4.60 Å². The fourth-order valence-corrected chi connectivity index (χ4v) is 3.27. The van der Waals surface area contributed by atoms with Gasteiger partial charge in [-0.25, -0.2) is 9.97 Å². The molecule has 1 rings (SSSR count). The third kappa shape index (κ3) is 5.28. The highest BCUT2D eigenvalue weighted by molar-refractivity contribution is 9.11. The van der Waals surface area contributed by atoms with E-state index in [1.165, 1.54) is 6.20 Å². The molecule has 0 radical (unpaired) electrons. The largest absolute Gasteiger partial charge is 0.300 e. The Kier molecular flexibility index (Phi) is 4.50. The molecule has 1 aromatic heterocycles. The second-order valence-electron chi connectivity index (χ2n) is 4.29. The van der Waals surface area contributed by atoms with Gasteiger partial charge in [-0.1, -0.05) is 0 Å². The van der Waals surface area contributed by atoms with Gasteiger partial charge in [-0.05, 0) is 52.6 Å². The number of anilines is 1. The lowest BCUT2D eigenvalue weighted by molar-refractivity contribution is 0.494. The summed E-state index contributed by atoms with van der Waals surface area (Å²) in [4.78, 5) is 7.88. The number of hydrogen-bond donors (Lipinski definition) is 2. The van der Waals surface area contributed by atoms with Crippen molar-refractivity contribution in [2.45, 2.75) is 26.3 Å². The first-order valence-electron chi connectivity index (χ1n) is 4.59. The van der Waals surface area contributed by atoms with Crippen molar-refractivity contribution in [2.24, 2.45) is 0 Å². The summed E-state index contributed by atoms with van der Waals surface area (Å²) < 4.78 is 29.0. The van der Waals surface area contributed by atoms with Gasteiger partial charge in [0.05, 0.1) is 6.20 Å². The average Bonchev–Trinajstić information content (AvgIpc) is 2.05. The van der Waals surface area contributed by atoms with E-state index < -0.39 is 15.7 Å². The van der Waals surface area contributed by atoms with E-state index in [0.29, 0.717) is 9.21 Å². The molecule has 0 aliphatic carbocycles. The minimum atomic E-state index is -3.68. The van der Waals surface area contributed by atoms with Crippen LogP contribution in [0.2, 0.25) is 0 Å². The van der Waals surface area contributed by atoms with Crippen LogP contribution in [-0.2, 0) is 10.2 Å². The summed E-state index contributed by atoms with van der Waals surface area (Å²) in [6, 6.07) is 0. The van der Waals surface area contributed by atoms with Gasteiger partial charge in [-0.3, -0.25) is 4.72 Å². The Morgan fingerprint density at radius 3 is 2.35 bits per heavy atom. The molecule has 9 heteroatoms. The van der Waals surface area contributed by atoms with Crippen molar-refractivity contribution in [3.8, 4) is 0 Å². The van der Waals surface area contributed by atoms with Crippen LogP contribution in [0.25, 0.3) is 0 Å². The SMILES string of the molecule is CC(C)(C)NS(=O)(=O)Nc1ncc(Br)nc1Br. The maximum Gasteiger partial charge on any atom is 0.300 e. The van der Waals surface area contributed by atoms with Crippen molar-refractivity contribution < 1.29 is 8.42 Å². The summed E-state index contributed by atoms with van der Waals surface area (Å²) in [5.41, 5.74) is -0.568. The summed E-state index contributed by atoms with van der Waals surface area (Å²) in [6.07, 6.45) is 1.40. The van der Waals surface area contributed by atoms with Crippen LogP contribution in [0.15, 0.2) is 15.4 Å². The fraction of sp³-hybridized carbons (Fsp3) is 0.500. The second kappa shape index (κ2) is 5.17. The molecular formula is C8H12Br2N4O2S. The molecule has 0 spiro atoms. The third-order valence-electron chi connectivity index (χ3n) is 1.37. The molecule has 0 unspecified atom stereocenters. The van der Waals surface area contributed by atoms with Crippen molar-refractivity contribution >= 4 is 47.9 Å². The van der Waals surface area contributed by atoms with Crippen LogP contribution >= 0.6 is 31.9 Å². The average molecular weight is 388 g/mol. The molecule has 0 saturated carbocycles. The molecule has 0 atom stereocenters. The van der Waals surface area contributed by atoms with Crippen LogP contribution in [0.1, 0.15) is 20.8 Å². The van der Waals surface area contributed by atoms with Gasteiger partial charge in [0, 0.05) is 5.54 Å². The molecule has 0 fully saturated rings. The minimum Gasteiger partial charge on any atom is -0.252 e. The maximum absolute atomic E-state index is 11.7. The first-order valence-corrected chi connectivity index (χ1v) is 7.66. The summed E-state index contributed by atoms with van der Waals surface area (Å²) in [5.74, 6) is 0.130. The predicted octanol–water partition coefficient (Wildman–Crippen LogP) is 2.05. The number of hydrogen-bond acceptors (Lipinski definition) is 4. The quantitative estimate of drug-likeness (QED) is 0.831. The van der Waals surface area contributed by atoms with Crippen LogP contribution in [-0.4, -0.2) is 23.9 Å². The highest BCUT2D eigenvalue weighted by Crippen LogP contribution is 2.20. The molecule has 1 aromatic rings. The predicted molar refractivity (Wildman–Crippen MR) is 72.9 cm³/mol. The molecule has 6 nitrogen and oxygen atoms in total. The Labute approximate surface area is 117 Å². The van der Waals surface area contributed by atoms with Crippen LogP contribution < -0.4 is 9.44 Å². The Hall–Kier alpha value is -0.250. The maximum atomic E-state index is 11.7. The highest BCUT2D eigenvalue weighted by atomic mass is 79.9. The molecule has 96 valence electrons. The summed E-state index contributed by atoms with van der Waals surface area (Å²) >= 11 is 6.25.